The molecule has 0 fully saturated rings. The van der Waals surface area contributed by atoms with Gasteiger partial charge in [-0.2, -0.15) is 9.61 Å². The van der Waals surface area contributed by atoms with Gasteiger partial charge in [0.05, 0.1) is 21.9 Å². The summed E-state index contributed by atoms with van der Waals surface area (Å²) in [5.41, 5.74) is 4.72. The molecular formula is C25H21ClN8OS. The first-order chi connectivity index (χ1) is 17.4. The minimum absolute atomic E-state index is 0.179. The Kier molecular flexibility index (Phi) is 5.69. The van der Waals surface area contributed by atoms with E-state index in [-0.39, 0.29) is 5.56 Å². The molecule has 0 atom stereocenters. The van der Waals surface area contributed by atoms with Gasteiger partial charge >= 0.3 is 0 Å². The standard InChI is InChI=1S/C25H21ClN8OS/c1-15-11-16(2)33(30-15)10-9-21-29-24-19-5-3-4-6-20(19)28-25(34(24)31-21)36-14-18-12-23(35)32-13-17(26)7-8-22(32)27-18/h3-8,11-13H,9-10,14H2,1-2H3. The van der Waals surface area contributed by atoms with Crippen molar-refractivity contribution in [2.24, 2.45) is 0 Å². The number of halogens is 1. The molecule has 0 amide bonds. The van der Waals surface area contributed by atoms with Gasteiger partial charge < -0.3 is 0 Å². The van der Waals surface area contributed by atoms with Crippen molar-refractivity contribution in [3.8, 4) is 0 Å². The molecule has 0 saturated heterocycles. The number of thioether (sulfide) groups is 1. The lowest BCUT2D eigenvalue weighted by molar-refractivity contribution is 0.580. The van der Waals surface area contributed by atoms with Crippen LogP contribution in [0.2, 0.25) is 5.02 Å². The van der Waals surface area contributed by atoms with E-state index >= 15 is 0 Å². The molecule has 6 aromatic rings. The molecule has 0 aliphatic carbocycles. The van der Waals surface area contributed by atoms with Gasteiger partial charge in [-0.25, -0.2) is 15.0 Å². The molecule has 0 spiro atoms. The van der Waals surface area contributed by atoms with E-state index in [1.54, 1.807) is 22.8 Å². The SMILES string of the molecule is Cc1cc(C)n(CCc2nc3c4ccccc4nc(SCc4cc(=O)n5cc(Cl)ccc5n4)n3n2)n1. The first-order valence-corrected chi connectivity index (χ1v) is 12.8. The molecular weight excluding hydrogens is 496 g/mol. The van der Waals surface area contributed by atoms with Crippen molar-refractivity contribution in [3.05, 3.63) is 93.0 Å². The highest BCUT2D eigenvalue weighted by atomic mass is 35.5. The summed E-state index contributed by atoms with van der Waals surface area (Å²) >= 11 is 7.49. The van der Waals surface area contributed by atoms with E-state index in [9.17, 15) is 4.79 Å². The summed E-state index contributed by atoms with van der Waals surface area (Å²) in [5, 5.41) is 11.4. The molecule has 11 heteroatoms. The van der Waals surface area contributed by atoms with E-state index in [4.69, 9.17) is 26.7 Å². The Morgan fingerprint density at radius 1 is 1.00 bits per heavy atom. The van der Waals surface area contributed by atoms with Crippen LogP contribution in [0.4, 0.5) is 0 Å². The van der Waals surface area contributed by atoms with Crippen molar-refractivity contribution < 1.29 is 0 Å². The first kappa shape index (κ1) is 22.7. The Labute approximate surface area is 214 Å². The van der Waals surface area contributed by atoms with Crippen LogP contribution in [0.1, 0.15) is 22.9 Å². The first-order valence-electron chi connectivity index (χ1n) is 11.4. The van der Waals surface area contributed by atoms with E-state index in [1.165, 1.54) is 22.2 Å². The number of hydrogen-bond acceptors (Lipinski definition) is 7. The quantitative estimate of drug-likeness (QED) is 0.241. The fourth-order valence-electron chi connectivity index (χ4n) is 4.22. The van der Waals surface area contributed by atoms with Crippen LogP contribution in [-0.2, 0) is 18.7 Å². The molecule has 0 radical (unpaired) electrons. The second-order valence-corrected chi connectivity index (χ2v) is 9.90. The van der Waals surface area contributed by atoms with Crippen molar-refractivity contribution >= 4 is 45.6 Å². The van der Waals surface area contributed by atoms with Gasteiger partial charge in [0, 0.05) is 42.1 Å². The zero-order valence-corrected chi connectivity index (χ0v) is 21.2. The highest BCUT2D eigenvalue weighted by molar-refractivity contribution is 7.98. The Morgan fingerprint density at radius 3 is 2.69 bits per heavy atom. The van der Waals surface area contributed by atoms with Crippen molar-refractivity contribution in [1.29, 1.82) is 0 Å². The second kappa shape index (κ2) is 9.03. The summed E-state index contributed by atoms with van der Waals surface area (Å²) in [6.45, 7) is 4.73. The van der Waals surface area contributed by atoms with Crippen LogP contribution < -0.4 is 5.56 Å². The predicted molar refractivity (Wildman–Crippen MR) is 140 cm³/mol. The van der Waals surface area contributed by atoms with Gasteiger partial charge in [-0.1, -0.05) is 35.5 Å². The van der Waals surface area contributed by atoms with Crippen molar-refractivity contribution in [3.63, 3.8) is 0 Å². The molecule has 0 aliphatic rings. The van der Waals surface area contributed by atoms with Gasteiger partial charge in [-0.05, 0) is 44.2 Å². The molecule has 0 bridgehead atoms. The minimum Gasteiger partial charge on any atom is -0.269 e. The van der Waals surface area contributed by atoms with E-state index in [1.807, 2.05) is 42.8 Å². The predicted octanol–water partition coefficient (Wildman–Crippen LogP) is 4.29. The molecule has 36 heavy (non-hydrogen) atoms. The van der Waals surface area contributed by atoms with Crippen LogP contribution in [0.25, 0.3) is 22.2 Å². The Hall–Kier alpha value is -3.76. The van der Waals surface area contributed by atoms with Crippen LogP contribution in [0, 0.1) is 13.8 Å². The minimum atomic E-state index is -0.179. The van der Waals surface area contributed by atoms with Gasteiger partial charge in [0.15, 0.2) is 16.6 Å². The van der Waals surface area contributed by atoms with Gasteiger partial charge in [0.2, 0.25) is 0 Å². The lowest BCUT2D eigenvalue weighted by Gasteiger charge is -2.07. The third-order valence-electron chi connectivity index (χ3n) is 5.87. The van der Waals surface area contributed by atoms with Crippen LogP contribution >= 0.6 is 23.4 Å². The van der Waals surface area contributed by atoms with Crippen LogP contribution in [-0.4, -0.2) is 38.7 Å². The summed E-state index contributed by atoms with van der Waals surface area (Å²) in [4.78, 5) is 26.9. The molecule has 5 heterocycles. The molecule has 9 nitrogen and oxygen atoms in total. The molecule has 6 rings (SSSR count). The normalized spacial score (nSPS) is 11.8. The summed E-state index contributed by atoms with van der Waals surface area (Å²) in [5.74, 6) is 1.18. The molecule has 0 N–H and O–H groups in total. The Balaban J connectivity index is 1.34. The topological polar surface area (TPSA) is 95.3 Å². The summed E-state index contributed by atoms with van der Waals surface area (Å²) in [7, 11) is 0. The summed E-state index contributed by atoms with van der Waals surface area (Å²) in [6, 6.07) is 14.9. The second-order valence-electron chi connectivity index (χ2n) is 8.53. The van der Waals surface area contributed by atoms with Crippen molar-refractivity contribution in [1.82, 2.24) is 38.7 Å². The Morgan fingerprint density at radius 2 is 1.86 bits per heavy atom. The average molecular weight is 517 g/mol. The number of benzene rings is 1. The van der Waals surface area contributed by atoms with Crippen molar-refractivity contribution in [2.45, 2.75) is 37.7 Å². The van der Waals surface area contributed by atoms with Crippen LogP contribution in [0.3, 0.4) is 0 Å². The maximum atomic E-state index is 12.6. The molecule has 0 aliphatic heterocycles. The fourth-order valence-corrected chi connectivity index (χ4v) is 5.22. The van der Waals surface area contributed by atoms with Gasteiger partial charge in [0.25, 0.3) is 5.56 Å². The van der Waals surface area contributed by atoms with E-state index in [0.29, 0.717) is 40.2 Å². The number of fused-ring (bicyclic) bond motifs is 4. The van der Waals surface area contributed by atoms with Gasteiger partial charge in [0.1, 0.15) is 5.65 Å². The van der Waals surface area contributed by atoms with E-state index in [0.717, 1.165) is 33.8 Å². The molecule has 0 saturated carbocycles. The molecule has 180 valence electrons. The third-order valence-corrected chi connectivity index (χ3v) is 7.06. The number of nitrogens with zero attached hydrogens (tertiary/aromatic N) is 8. The summed E-state index contributed by atoms with van der Waals surface area (Å²) < 4.78 is 5.21. The van der Waals surface area contributed by atoms with E-state index in [2.05, 4.69) is 16.1 Å². The molecule has 1 aromatic carbocycles. The lowest BCUT2D eigenvalue weighted by atomic mass is 10.2. The fraction of sp³-hybridized carbons (Fsp3) is 0.200. The molecule has 5 aromatic heterocycles. The maximum Gasteiger partial charge on any atom is 0.258 e. The van der Waals surface area contributed by atoms with Gasteiger partial charge in [-0.15, -0.1) is 5.10 Å². The lowest BCUT2D eigenvalue weighted by Crippen LogP contribution is -2.15. The number of pyridine rings is 1. The third kappa shape index (κ3) is 4.22. The zero-order chi connectivity index (χ0) is 24.8. The smallest absolute Gasteiger partial charge is 0.258 e. The van der Waals surface area contributed by atoms with Gasteiger partial charge in [-0.3, -0.25) is 13.9 Å². The zero-order valence-electron chi connectivity index (χ0n) is 19.6. The molecule has 0 unspecified atom stereocenters. The highest BCUT2D eigenvalue weighted by Crippen LogP contribution is 2.26. The largest absolute Gasteiger partial charge is 0.269 e. The number of aryl methyl sites for hydroxylation is 4. The monoisotopic (exact) mass is 516 g/mol. The average Bonchev–Trinajstić information content (AvgIpc) is 3.44. The maximum absolute atomic E-state index is 12.6. The Bertz CT molecular complexity index is 1820. The van der Waals surface area contributed by atoms with Crippen LogP contribution in [0.15, 0.2) is 64.7 Å². The number of rotatable bonds is 6. The van der Waals surface area contributed by atoms with Crippen molar-refractivity contribution in [2.75, 3.05) is 0 Å². The number of hydrogen-bond donors (Lipinski definition) is 0. The highest BCUT2D eigenvalue weighted by Gasteiger charge is 2.15. The number of para-hydroxylation sites is 1. The van der Waals surface area contributed by atoms with E-state index < -0.39 is 0 Å². The number of aromatic nitrogens is 8. The summed E-state index contributed by atoms with van der Waals surface area (Å²) in [6.07, 6.45) is 2.22. The van der Waals surface area contributed by atoms with Crippen LogP contribution in [0.5, 0.6) is 0 Å².